The van der Waals surface area contributed by atoms with Crippen LogP contribution < -0.4 is 5.32 Å². The molecule has 4 heterocycles. The molecule has 4 fully saturated rings. The first-order valence-electron chi connectivity index (χ1n) is 30.7. The van der Waals surface area contributed by atoms with Crippen LogP contribution in [0, 0.1) is 13.8 Å². The van der Waals surface area contributed by atoms with Crippen molar-refractivity contribution in [1.82, 2.24) is 29.8 Å². The van der Waals surface area contributed by atoms with Crippen LogP contribution in [0.1, 0.15) is 162 Å². The van der Waals surface area contributed by atoms with Crippen molar-refractivity contribution in [2.75, 3.05) is 78.5 Å². The van der Waals surface area contributed by atoms with Crippen LogP contribution >= 0.6 is 31.9 Å². The Labute approximate surface area is 521 Å². The minimum Gasteiger partial charge on any atom is -0.481 e. The number of aliphatic carboxylic acids is 1. The van der Waals surface area contributed by atoms with E-state index in [1.807, 2.05) is 86.6 Å². The lowest BCUT2D eigenvalue weighted by Crippen LogP contribution is -2.51. The number of aryl methyl sites for hydroxylation is 4. The zero-order valence-electron chi connectivity index (χ0n) is 51.4. The van der Waals surface area contributed by atoms with Gasteiger partial charge in [0.05, 0.1) is 6.42 Å². The average molecular weight is 1300 g/mol. The van der Waals surface area contributed by atoms with Gasteiger partial charge < -0.3 is 44.4 Å². The first-order chi connectivity index (χ1) is 40.3. The largest absolute Gasteiger partial charge is 0.481 e. The fourth-order valence-corrected chi connectivity index (χ4v) is 15.3. The number of piperazine rings is 2. The van der Waals surface area contributed by atoms with E-state index in [9.17, 15) is 33.9 Å². The molecule has 2 unspecified atom stereocenters. The van der Waals surface area contributed by atoms with E-state index in [1.165, 1.54) is 44.5 Å². The van der Waals surface area contributed by atoms with E-state index in [0.717, 1.165) is 113 Å². The molecule has 85 heavy (non-hydrogen) atoms. The molecule has 4 aromatic carbocycles. The van der Waals surface area contributed by atoms with Crippen LogP contribution in [0.5, 0.6) is 0 Å². The second kappa shape index (κ2) is 28.4. The highest BCUT2D eigenvalue weighted by Gasteiger charge is 2.49. The monoisotopic (exact) mass is 1290 g/mol. The number of nitrogens with zero attached hydrogens (tertiary/aromatic N) is 5. The molecular formula is C68H90Br2N6O9. The van der Waals surface area contributed by atoms with Crippen LogP contribution in [0.15, 0.2) is 93.9 Å². The van der Waals surface area contributed by atoms with Gasteiger partial charge in [-0.05, 0) is 175 Å². The molecular weight excluding hydrogens is 1200 g/mol. The van der Waals surface area contributed by atoms with Gasteiger partial charge >= 0.3 is 18.2 Å². The lowest BCUT2D eigenvalue weighted by Gasteiger charge is -2.41. The number of likely N-dealkylation sites (tertiary alicyclic amines) is 2. The molecule has 4 aliphatic heterocycles. The van der Waals surface area contributed by atoms with Gasteiger partial charge in [0, 0.05) is 118 Å². The Hall–Kier alpha value is -5.78. The van der Waals surface area contributed by atoms with E-state index in [4.69, 9.17) is 9.47 Å². The zero-order valence-corrected chi connectivity index (χ0v) is 54.6. The smallest absolute Gasteiger partial charge is 0.410 e. The van der Waals surface area contributed by atoms with Crippen molar-refractivity contribution in [2.24, 2.45) is 0 Å². The number of carbonyl (C=O) groups excluding carboxylic acids is 5. The Bertz CT molecular complexity index is 3020. The fraction of sp³-hybridized carbons (Fsp3) is 0.559. The van der Waals surface area contributed by atoms with Gasteiger partial charge in [-0.2, -0.15) is 0 Å². The first kappa shape index (κ1) is 65.2. The summed E-state index contributed by atoms with van der Waals surface area (Å²) < 4.78 is 12.9. The van der Waals surface area contributed by atoms with Crippen molar-refractivity contribution in [3.8, 4) is 0 Å². The maximum atomic E-state index is 13.5. The Morgan fingerprint density at radius 1 is 0.506 bits per heavy atom. The predicted octanol–water partition coefficient (Wildman–Crippen LogP) is 12.2. The summed E-state index contributed by atoms with van der Waals surface area (Å²) in [5.74, 6) is 0.0640. The number of ether oxygens (including phenoxy) is 2. The molecule has 4 saturated heterocycles. The number of carbonyl (C=O) groups is 6. The average Bonchev–Trinajstić information content (AvgIpc) is 2.38. The summed E-state index contributed by atoms with van der Waals surface area (Å²) >= 11 is 7.57. The summed E-state index contributed by atoms with van der Waals surface area (Å²) in [7, 11) is 0. The number of benzene rings is 4. The number of hydrogen-bond acceptors (Lipinski definition) is 9. The standard InChI is InChI=1S/C34H44BrN3O4.C25H28BrNO3.C9H18N2O2/c1-24-8-5-6-9-25(24)12-13-29(39)36-16-14-34(15-17-36)23-26(27-10-7-11-28(35)31(27)34)22-30(40)37-18-20-38(21-19-37)32(41)42-33(2,3)4;1-17-5-2-3-6-18(17)9-10-22(28)27-13-11-25(12-14-27)16-19(15-23(29)30)20-7-4-8-21(26)24(20)25;1-9(2,3)13-8(12)11-6-4-10-5-7-11/h5-11,26H,12-23H2,1-4H3;2-8,19H,9-16H2,1H3,(H,29,30);10H,4-7H2,1-3H3. The van der Waals surface area contributed by atoms with Crippen LogP contribution in [0.25, 0.3) is 0 Å². The Balaban J connectivity index is 0.000000189. The van der Waals surface area contributed by atoms with Gasteiger partial charge in [-0.25, -0.2) is 9.59 Å². The van der Waals surface area contributed by atoms with Crippen molar-refractivity contribution in [2.45, 2.75) is 166 Å². The van der Waals surface area contributed by atoms with Crippen LogP contribution in [0.2, 0.25) is 0 Å². The third kappa shape index (κ3) is 16.9. The summed E-state index contributed by atoms with van der Waals surface area (Å²) in [5.41, 5.74) is 9.04. The zero-order chi connectivity index (χ0) is 61.3. The fourth-order valence-electron chi connectivity index (χ4n) is 13.7. The van der Waals surface area contributed by atoms with Crippen LogP contribution in [-0.4, -0.2) is 155 Å². The minimum atomic E-state index is -0.744. The second-order valence-electron chi connectivity index (χ2n) is 26.3. The molecule has 0 saturated carbocycles. The number of piperidine rings is 2. The van der Waals surface area contributed by atoms with E-state index in [2.05, 4.69) is 106 Å². The number of nitrogens with one attached hydrogen (secondary N) is 1. The van der Waals surface area contributed by atoms with Crippen molar-refractivity contribution < 1.29 is 43.3 Å². The van der Waals surface area contributed by atoms with Crippen LogP contribution in [0.3, 0.4) is 0 Å². The summed E-state index contributed by atoms with van der Waals surface area (Å²) in [4.78, 5) is 84.3. The molecule has 2 atom stereocenters. The molecule has 5 amide bonds. The third-order valence-corrected chi connectivity index (χ3v) is 19.4. The Morgan fingerprint density at radius 2 is 0.882 bits per heavy atom. The van der Waals surface area contributed by atoms with Gasteiger partial charge in [-0.3, -0.25) is 19.2 Å². The maximum absolute atomic E-state index is 13.5. The van der Waals surface area contributed by atoms with Gasteiger partial charge in [0.1, 0.15) is 11.2 Å². The van der Waals surface area contributed by atoms with E-state index < -0.39 is 11.6 Å². The van der Waals surface area contributed by atoms with E-state index >= 15 is 0 Å². The normalized spacial score (nSPS) is 19.7. The van der Waals surface area contributed by atoms with Crippen molar-refractivity contribution in [3.05, 3.63) is 138 Å². The molecule has 2 spiro atoms. The van der Waals surface area contributed by atoms with Crippen LogP contribution in [0.4, 0.5) is 9.59 Å². The van der Waals surface area contributed by atoms with Gasteiger partial charge in [0.2, 0.25) is 17.7 Å². The number of amides is 5. The van der Waals surface area contributed by atoms with Crippen molar-refractivity contribution in [3.63, 3.8) is 0 Å². The van der Waals surface area contributed by atoms with Crippen LogP contribution in [-0.2, 0) is 52.3 Å². The second-order valence-corrected chi connectivity index (χ2v) is 28.0. The highest BCUT2D eigenvalue weighted by molar-refractivity contribution is 9.10. The van der Waals surface area contributed by atoms with Gasteiger partial charge in [0.15, 0.2) is 0 Å². The van der Waals surface area contributed by atoms with Gasteiger partial charge in [0.25, 0.3) is 0 Å². The number of hydrogen-bond donors (Lipinski definition) is 2. The molecule has 10 rings (SSSR count). The molecule has 0 bridgehead atoms. The van der Waals surface area contributed by atoms with E-state index in [-0.39, 0.29) is 64.6 Å². The highest BCUT2D eigenvalue weighted by Crippen LogP contribution is 2.56. The summed E-state index contributed by atoms with van der Waals surface area (Å²) in [6.07, 6.45) is 8.18. The quantitative estimate of drug-likeness (QED) is 0.156. The minimum absolute atomic E-state index is 0.0252. The lowest BCUT2D eigenvalue weighted by molar-refractivity contribution is -0.137. The summed E-state index contributed by atoms with van der Waals surface area (Å²) in [6, 6.07) is 29.1. The molecule has 15 nitrogen and oxygen atoms in total. The summed E-state index contributed by atoms with van der Waals surface area (Å²) in [6.45, 7) is 23.7. The molecule has 0 radical (unpaired) electrons. The lowest BCUT2D eigenvalue weighted by atomic mass is 9.73. The summed E-state index contributed by atoms with van der Waals surface area (Å²) in [5, 5.41) is 12.6. The highest BCUT2D eigenvalue weighted by atomic mass is 79.9. The number of rotatable bonds is 10. The SMILES string of the molecule is CC(C)(C)OC(=O)N1CCNCC1.Cc1ccccc1CCC(=O)N1CCC2(CC1)CC(CC(=O)N1CCN(C(=O)OC(C)(C)C)CC1)c1cccc(Br)c12.Cc1ccccc1CCC(=O)N1CCC2(CC1)CC(CC(=O)O)c1cccc(Br)c12. The van der Waals surface area contributed by atoms with E-state index in [0.29, 0.717) is 45.4 Å². The number of fused-ring (bicyclic) bond motifs is 4. The first-order valence-corrected chi connectivity index (χ1v) is 32.3. The number of carboxylic acids is 1. The predicted molar refractivity (Wildman–Crippen MR) is 339 cm³/mol. The molecule has 460 valence electrons. The molecule has 2 aliphatic carbocycles. The van der Waals surface area contributed by atoms with Gasteiger partial charge in [-0.15, -0.1) is 0 Å². The van der Waals surface area contributed by atoms with Crippen molar-refractivity contribution in [1.29, 1.82) is 0 Å². The van der Waals surface area contributed by atoms with Crippen molar-refractivity contribution >= 4 is 67.7 Å². The molecule has 2 N–H and O–H groups in total. The topological polar surface area (TPSA) is 169 Å². The Morgan fingerprint density at radius 3 is 1.28 bits per heavy atom. The number of carboxylic acid groups (broad SMARTS) is 1. The molecule has 6 aliphatic rings. The molecule has 17 heteroatoms. The van der Waals surface area contributed by atoms with Gasteiger partial charge in [-0.1, -0.05) is 105 Å². The van der Waals surface area contributed by atoms with E-state index in [1.54, 1.807) is 9.80 Å². The maximum Gasteiger partial charge on any atom is 0.410 e. The molecule has 0 aromatic heterocycles. The molecule has 4 aromatic rings. The third-order valence-electron chi connectivity index (χ3n) is 18.1. The Kier molecular flexibility index (Phi) is 21.8. The number of halogens is 2.